The molecule has 2 heterocycles. The van der Waals surface area contributed by atoms with E-state index in [9.17, 15) is 4.79 Å². The number of pyridine rings is 1. The van der Waals surface area contributed by atoms with Gasteiger partial charge in [0, 0.05) is 13.1 Å². The van der Waals surface area contributed by atoms with Crippen LogP contribution in [-0.4, -0.2) is 14.1 Å². The fourth-order valence-corrected chi connectivity index (χ4v) is 1.91. The van der Waals surface area contributed by atoms with Crippen molar-refractivity contribution in [2.75, 3.05) is 5.73 Å². The van der Waals surface area contributed by atoms with Crippen LogP contribution >= 0.6 is 0 Å². The predicted octanol–water partition coefficient (Wildman–Crippen LogP) is 0.652. The molecule has 0 spiro atoms. The van der Waals surface area contributed by atoms with Gasteiger partial charge in [-0.3, -0.25) is 9.13 Å². The molecule has 0 atom stereocenters. The minimum absolute atomic E-state index is 0.00519. The molecule has 0 radical (unpaired) electrons. The van der Waals surface area contributed by atoms with E-state index in [1.165, 1.54) is 0 Å². The van der Waals surface area contributed by atoms with Gasteiger partial charge in [-0.2, -0.15) is 0 Å². The molecule has 2 aromatic rings. The Balaban J connectivity index is 2.44. The van der Waals surface area contributed by atoms with E-state index in [1.54, 1.807) is 28.4 Å². The largest absolute Gasteiger partial charge is 0.397 e. The average molecular weight is 204 g/mol. The molecule has 1 aliphatic rings. The minimum atomic E-state index is 0.00519. The quantitative estimate of drug-likeness (QED) is 0.741. The number of hydrogen-bond donors (Lipinski definition) is 1. The summed E-state index contributed by atoms with van der Waals surface area (Å²) in [4.78, 5) is 16.2. The molecule has 1 fully saturated rings. The number of anilines is 1. The van der Waals surface area contributed by atoms with E-state index in [1.807, 2.05) is 0 Å². The Morgan fingerprint density at radius 3 is 2.93 bits per heavy atom. The van der Waals surface area contributed by atoms with E-state index in [4.69, 9.17) is 5.73 Å². The molecule has 0 unspecified atom stereocenters. The van der Waals surface area contributed by atoms with Crippen LogP contribution in [0, 0.1) is 0 Å². The number of nitrogens with two attached hydrogens (primary N) is 1. The number of nitrogen functional groups attached to an aromatic ring is 1. The Hall–Kier alpha value is -1.78. The molecule has 78 valence electrons. The molecule has 1 aliphatic carbocycles. The topological polar surface area (TPSA) is 65.8 Å². The summed E-state index contributed by atoms with van der Waals surface area (Å²) in [5.74, 6) is 0. The van der Waals surface area contributed by atoms with Gasteiger partial charge in [-0.1, -0.05) is 0 Å². The highest BCUT2D eigenvalue weighted by Crippen LogP contribution is 2.35. The molecule has 1 saturated carbocycles. The van der Waals surface area contributed by atoms with E-state index in [0.717, 1.165) is 24.0 Å². The molecule has 5 heteroatoms. The first-order chi connectivity index (χ1) is 7.18. The summed E-state index contributed by atoms with van der Waals surface area (Å²) in [6, 6.07) is 2.14. The fraction of sp³-hybridized carbons (Fsp3) is 0.400. The van der Waals surface area contributed by atoms with E-state index >= 15 is 0 Å². The van der Waals surface area contributed by atoms with Crippen LogP contribution in [0.5, 0.6) is 0 Å². The second-order valence-corrected chi connectivity index (χ2v) is 4.05. The Morgan fingerprint density at radius 2 is 2.27 bits per heavy atom. The molecule has 3 rings (SSSR count). The van der Waals surface area contributed by atoms with Crippen LogP contribution < -0.4 is 11.4 Å². The number of rotatable bonds is 1. The Bertz CT molecular complexity index is 591. The zero-order valence-electron chi connectivity index (χ0n) is 8.47. The molecule has 5 nitrogen and oxygen atoms in total. The normalized spacial score (nSPS) is 16.1. The first-order valence-electron chi connectivity index (χ1n) is 5.01. The second kappa shape index (κ2) is 2.62. The minimum Gasteiger partial charge on any atom is -0.397 e. The molecular formula is C10H12N4O. The summed E-state index contributed by atoms with van der Waals surface area (Å²) in [6.45, 7) is 0. The van der Waals surface area contributed by atoms with Crippen molar-refractivity contribution in [3.8, 4) is 0 Å². The summed E-state index contributed by atoms with van der Waals surface area (Å²) in [7, 11) is 1.75. The van der Waals surface area contributed by atoms with Gasteiger partial charge in [0.1, 0.15) is 0 Å². The molecule has 0 bridgehead atoms. The van der Waals surface area contributed by atoms with Crippen LogP contribution in [0.4, 0.5) is 5.69 Å². The van der Waals surface area contributed by atoms with Crippen molar-refractivity contribution in [1.29, 1.82) is 0 Å². The van der Waals surface area contributed by atoms with Gasteiger partial charge < -0.3 is 5.73 Å². The summed E-state index contributed by atoms with van der Waals surface area (Å²) < 4.78 is 3.38. The molecule has 0 aliphatic heterocycles. The maximum atomic E-state index is 11.9. The van der Waals surface area contributed by atoms with Crippen molar-refractivity contribution < 1.29 is 0 Å². The number of nitrogens with zero attached hydrogens (tertiary/aromatic N) is 3. The van der Waals surface area contributed by atoms with Gasteiger partial charge in [0.15, 0.2) is 5.65 Å². The van der Waals surface area contributed by atoms with Crippen LogP contribution in [-0.2, 0) is 7.05 Å². The number of fused-ring (bicyclic) bond motifs is 1. The third kappa shape index (κ3) is 1.09. The maximum Gasteiger partial charge on any atom is 0.330 e. The lowest BCUT2D eigenvalue weighted by atomic mass is 10.4. The lowest BCUT2D eigenvalue weighted by molar-refractivity contribution is 0.691. The van der Waals surface area contributed by atoms with E-state index in [0.29, 0.717) is 11.7 Å². The van der Waals surface area contributed by atoms with E-state index in [-0.39, 0.29) is 5.69 Å². The van der Waals surface area contributed by atoms with Crippen molar-refractivity contribution in [3.05, 3.63) is 22.7 Å². The van der Waals surface area contributed by atoms with Gasteiger partial charge in [0.2, 0.25) is 0 Å². The summed E-state index contributed by atoms with van der Waals surface area (Å²) in [6.07, 6.45) is 3.75. The predicted molar refractivity (Wildman–Crippen MR) is 57.7 cm³/mol. The van der Waals surface area contributed by atoms with Gasteiger partial charge in [-0.15, -0.1) is 0 Å². The van der Waals surface area contributed by atoms with Crippen molar-refractivity contribution in [2.24, 2.45) is 7.05 Å². The highest BCUT2D eigenvalue weighted by molar-refractivity contribution is 5.75. The van der Waals surface area contributed by atoms with Crippen molar-refractivity contribution in [3.63, 3.8) is 0 Å². The van der Waals surface area contributed by atoms with Gasteiger partial charge in [0.25, 0.3) is 0 Å². The van der Waals surface area contributed by atoms with Gasteiger partial charge in [0.05, 0.1) is 17.4 Å². The van der Waals surface area contributed by atoms with Gasteiger partial charge >= 0.3 is 5.69 Å². The molecule has 2 aromatic heterocycles. The number of aromatic nitrogens is 3. The monoisotopic (exact) mass is 204 g/mol. The Kier molecular flexibility index (Phi) is 1.49. The summed E-state index contributed by atoms with van der Waals surface area (Å²) in [5.41, 5.74) is 7.81. The molecule has 0 amide bonds. The summed E-state index contributed by atoms with van der Waals surface area (Å²) >= 11 is 0. The van der Waals surface area contributed by atoms with E-state index < -0.39 is 0 Å². The highest BCUT2D eigenvalue weighted by atomic mass is 16.1. The molecule has 15 heavy (non-hydrogen) atoms. The first kappa shape index (κ1) is 8.52. The highest BCUT2D eigenvalue weighted by Gasteiger charge is 2.28. The lowest BCUT2D eigenvalue weighted by Gasteiger charge is -1.98. The maximum absolute atomic E-state index is 11.9. The fourth-order valence-electron chi connectivity index (χ4n) is 1.91. The zero-order chi connectivity index (χ0) is 10.6. The molecule has 2 N–H and O–H groups in total. The van der Waals surface area contributed by atoms with Gasteiger partial charge in [-0.25, -0.2) is 9.78 Å². The Labute approximate surface area is 86.1 Å². The first-order valence-corrected chi connectivity index (χ1v) is 5.01. The number of hydrogen-bond acceptors (Lipinski definition) is 3. The van der Waals surface area contributed by atoms with E-state index in [2.05, 4.69) is 4.98 Å². The second-order valence-electron chi connectivity index (χ2n) is 4.05. The lowest BCUT2D eigenvalue weighted by Crippen LogP contribution is -2.21. The molecule has 0 aromatic carbocycles. The Morgan fingerprint density at radius 1 is 1.53 bits per heavy atom. The van der Waals surface area contributed by atoms with Crippen molar-refractivity contribution in [2.45, 2.75) is 18.9 Å². The summed E-state index contributed by atoms with van der Waals surface area (Å²) in [5, 5.41) is 0. The van der Waals surface area contributed by atoms with Crippen molar-refractivity contribution in [1.82, 2.24) is 14.1 Å². The standard InChI is InChI=1S/C10H12N4O/c1-13-8-4-6(11)5-12-9(8)14(10(13)15)7-2-3-7/h4-5,7H,2-3,11H2,1H3. The van der Waals surface area contributed by atoms with Crippen LogP contribution in [0.25, 0.3) is 11.2 Å². The number of aryl methyl sites for hydroxylation is 1. The van der Waals surface area contributed by atoms with Crippen LogP contribution in [0.15, 0.2) is 17.1 Å². The van der Waals surface area contributed by atoms with Gasteiger partial charge in [-0.05, 0) is 18.9 Å². The molecule has 0 saturated heterocycles. The third-order valence-corrected chi connectivity index (χ3v) is 2.86. The molecular weight excluding hydrogens is 192 g/mol. The average Bonchev–Trinajstić information content (AvgIpc) is 3.00. The van der Waals surface area contributed by atoms with Crippen LogP contribution in [0.2, 0.25) is 0 Å². The number of imidazole rings is 1. The third-order valence-electron chi connectivity index (χ3n) is 2.86. The zero-order valence-corrected chi connectivity index (χ0v) is 8.47. The van der Waals surface area contributed by atoms with Crippen LogP contribution in [0.3, 0.4) is 0 Å². The smallest absolute Gasteiger partial charge is 0.330 e. The van der Waals surface area contributed by atoms with Crippen molar-refractivity contribution >= 4 is 16.9 Å². The SMILES string of the molecule is Cn1c(=O)n(C2CC2)c2ncc(N)cc21. The van der Waals surface area contributed by atoms with Crippen LogP contribution in [0.1, 0.15) is 18.9 Å².